The Morgan fingerprint density at radius 1 is 0.275 bits per heavy atom. The molecule has 0 saturated heterocycles. The van der Waals surface area contributed by atoms with E-state index in [9.17, 15) is 0 Å². The lowest BCUT2D eigenvalue weighted by molar-refractivity contribution is 0.670. The summed E-state index contributed by atoms with van der Waals surface area (Å²) in [4.78, 5) is 2.36. The van der Waals surface area contributed by atoms with Crippen LogP contribution >= 0.6 is 0 Å². The van der Waals surface area contributed by atoms with E-state index < -0.39 is 0 Å². The quantitative estimate of drug-likeness (QED) is 0.144. The molecule has 0 fully saturated rings. The normalized spacial score (nSPS) is 11.5. The molecule has 13 rings (SSSR count). The molecule has 0 aliphatic carbocycles. The summed E-state index contributed by atoms with van der Waals surface area (Å²) in [5, 5.41) is 4.78. The van der Waals surface area contributed by atoms with E-state index in [4.69, 9.17) is 4.42 Å². The second-order valence-corrected chi connectivity index (χ2v) is 17.7. The highest BCUT2D eigenvalue weighted by Crippen LogP contribution is 2.42. The van der Waals surface area contributed by atoms with Gasteiger partial charge in [-0.25, -0.2) is 0 Å². The summed E-state index contributed by atoms with van der Waals surface area (Å²) in [5.41, 5.74) is 20.1. The van der Waals surface area contributed by atoms with Gasteiger partial charge in [-0.05, 0) is 117 Å². The molecule has 0 unspecified atom stereocenters. The van der Waals surface area contributed by atoms with Crippen LogP contribution in [0.2, 0.25) is 0 Å². The summed E-state index contributed by atoms with van der Waals surface area (Å²) in [5.74, 6) is 0. The molecule has 0 saturated carbocycles. The van der Waals surface area contributed by atoms with Gasteiger partial charge in [-0.2, -0.15) is 0 Å². The molecule has 13 aromatic rings. The third kappa shape index (κ3) is 7.16. The fraction of sp³-hybridized carbons (Fsp3) is 0. The van der Waals surface area contributed by atoms with Crippen molar-refractivity contribution < 1.29 is 4.42 Å². The van der Waals surface area contributed by atoms with Gasteiger partial charge in [0.15, 0.2) is 0 Å². The Labute approximate surface area is 401 Å². The standard InChI is InChI=1S/C66H44N2O/c1-2-16-45(17-3-1)50-20-14-23-55(44-50)67(54-40-36-47(37-41-54)49-19-13-22-52(43-49)57-28-15-29-61-60-27-7-11-33-65(60)69-66(57)61)53-38-34-46(35-39-53)48-18-12-21-51(42-48)56-24-4-8-30-62(56)68-63-31-9-5-25-58(63)59-26-6-10-32-64(59)68/h1-44H. The molecular weight excluding hydrogens is 837 g/mol. The van der Waals surface area contributed by atoms with Gasteiger partial charge in [-0.3, -0.25) is 0 Å². The summed E-state index contributed by atoms with van der Waals surface area (Å²) in [6.07, 6.45) is 0. The van der Waals surface area contributed by atoms with Crippen LogP contribution in [-0.4, -0.2) is 4.57 Å². The maximum Gasteiger partial charge on any atom is 0.143 e. The van der Waals surface area contributed by atoms with Crippen LogP contribution in [0, 0.1) is 0 Å². The van der Waals surface area contributed by atoms with Gasteiger partial charge in [0.2, 0.25) is 0 Å². The largest absolute Gasteiger partial charge is 0.455 e. The van der Waals surface area contributed by atoms with Crippen molar-refractivity contribution in [2.24, 2.45) is 0 Å². The van der Waals surface area contributed by atoms with E-state index in [2.05, 4.69) is 264 Å². The number of benzene rings is 11. The van der Waals surface area contributed by atoms with E-state index in [0.717, 1.165) is 78.1 Å². The average Bonchev–Trinajstić information content (AvgIpc) is 3.98. The number of hydrogen-bond acceptors (Lipinski definition) is 2. The summed E-state index contributed by atoms with van der Waals surface area (Å²) < 4.78 is 8.85. The third-order valence-corrected chi connectivity index (χ3v) is 13.6. The predicted molar refractivity (Wildman–Crippen MR) is 290 cm³/mol. The lowest BCUT2D eigenvalue weighted by Gasteiger charge is -2.26. The molecule has 3 nitrogen and oxygen atoms in total. The van der Waals surface area contributed by atoms with E-state index in [-0.39, 0.29) is 0 Å². The van der Waals surface area contributed by atoms with Gasteiger partial charge in [0.1, 0.15) is 11.2 Å². The van der Waals surface area contributed by atoms with Gasteiger partial charge >= 0.3 is 0 Å². The lowest BCUT2D eigenvalue weighted by atomic mass is 9.97. The van der Waals surface area contributed by atoms with Gasteiger partial charge in [0.05, 0.1) is 16.7 Å². The summed E-state index contributed by atoms with van der Waals surface area (Å²) in [6, 6.07) is 96.0. The Morgan fingerprint density at radius 2 is 0.725 bits per heavy atom. The van der Waals surface area contributed by atoms with Crippen molar-refractivity contribution in [3.05, 3.63) is 267 Å². The highest BCUT2D eigenvalue weighted by molar-refractivity contribution is 6.11. The minimum Gasteiger partial charge on any atom is -0.455 e. The number of furan rings is 1. The van der Waals surface area contributed by atoms with Crippen molar-refractivity contribution >= 4 is 60.8 Å². The van der Waals surface area contributed by atoms with Crippen LogP contribution in [0.5, 0.6) is 0 Å². The SMILES string of the molecule is c1ccc(-c2cccc(N(c3ccc(-c4cccc(-c5ccccc5-n5c6ccccc6c6ccccc65)c4)cc3)c3ccc(-c4cccc(-c5cccc6c5oc5ccccc56)c4)cc3)c2)cc1. The van der Waals surface area contributed by atoms with E-state index in [1.165, 1.54) is 44.1 Å². The number of rotatable bonds is 9. The van der Waals surface area contributed by atoms with Crippen molar-refractivity contribution in [2.75, 3.05) is 4.90 Å². The first-order chi connectivity index (χ1) is 34.2. The highest BCUT2D eigenvalue weighted by atomic mass is 16.3. The molecule has 324 valence electrons. The minimum atomic E-state index is 0.905. The first-order valence-corrected chi connectivity index (χ1v) is 23.6. The molecule has 0 radical (unpaired) electrons. The molecule has 3 heteroatoms. The highest BCUT2D eigenvalue weighted by Gasteiger charge is 2.18. The monoisotopic (exact) mass is 880 g/mol. The van der Waals surface area contributed by atoms with Crippen molar-refractivity contribution in [3.8, 4) is 61.3 Å². The van der Waals surface area contributed by atoms with Gasteiger partial charge < -0.3 is 13.9 Å². The van der Waals surface area contributed by atoms with Crippen LogP contribution in [-0.2, 0) is 0 Å². The van der Waals surface area contributed by atoms with E-state index >= 15 is 0 Å². The first-order valence-electron chi connectivity index (χ1n) is 23.6. The Hall–Kier alpha value is -9.18. The van der Waals surface area contributed by atoms with E-state index in [0.29, 0.717) is 0 Å². The molecular formula is C66H44N2O. The number of anilines is 3. The number of nitrogens with zero attached hydrogens (tertiary/aromatic N) is 2. The van der Waals surface area contributed by atoms with Crippen LogP contribution in [0.25, 0.3) is 105 Å². The zero-order valence-electron chi connectivity index (χ0n) is 37.7. The van der Waals surface area contributed by atoms with Crippen molar-refractivity contribution in [3.63, 3.8) is 0 Å². The maximum absolute atomic E-state index is 6.44. The van der Waals surface area contributed by atoms with E-state index in [1.807, 2.05) is 12.1 Å². The number of para-hydroxylation sites is 5. The summed E-state index contributed by atoms with van der Waals surface area (Å²) in [6.45, 7) is 0. The fourth-order valence-electron chi connectivity index (χ4n) is 10.3. The predicted octanol–water partition coefficient (Wildman–Crippen LogP) is 18.5. The Morgan fingerprint density at radius 3 is 1.39 bits per heavy atom. The Bertz CT molecular complexity index is 3960. The minimum absolute atomic E-state index is 0.905. The van der Waals surface area contributed by atoms with Crippen molar-refractivity contribution in [2.45, 2.75) is 0 Å². The molecule has 0 N–H and O–H groups in total. The zero-order chi connectivity index (χ0) is 45.7. The summed E-state index contributed by atoms with van der Waals surface area (Å²) >= 11 is 0. The molecule has 0 atom stereocenters. The molecule has 69 heavy (non-hydrogen) atoms. The molecule has 2 aromatic heterocycles. The fourth-order valence-corrected chi connectivity index (χ4v) is 10.3. The first kappa shape index (κ1) is 40.1. The van der Waals surface area contributed by atoms with Crippen molar-refractivity contribution in [1.82, 2.24) is 4.57 Å². The molecule has 0 amide bonds. The topological polar surface area (TPSA) is 21.3 Å². The Kier molecular flexibility index (Phi) is 9.84. The maximum atomic E-state index is 6.44. The van der Waals surface area contributed by atoms with Crippen molar-refractivity contribution in [1.29, 1.82) is 0 Å². The van der Waals surface area contributed by atoms with Gasteiger partial charge in [0.25, 0.3) is 0 Å². The third-order valence-electron chi connectivity index (χ3n) is 13.6. The molecule has 11 aromatic carbocycles. The Balaban J connectivity index is 0.856. The molecule has 2 heterocycles. The number of hydrogen-bond donors (Lipinski definition) is 0. The number of fused-ring (bicyclic) bond motifs is 6. The second kappa shape index (κ2) is 16.9. The van der Waals surface area contributed by atoms with Gasteiger partial charge in [-0.1, -0.05) is 194 Å². The second-order valence-electron chi connectivity index (χ2n) is 17.7. The van der Waals surface area contributed by atoms with Gasteiger partial charge in [-0.15, -0.1) is 0 Å². The van der Waals surface area contributed by atoms with E-state index in [1.54, 1.807) is 0 Å². The summed E-state index contributed by atoms with van der Waals surface area (Å²) in [7, 11) is 0. The van der Waals surface area contributed by atoms with Gasteiger partial charge in [0, 0.05) is 49.7 Å². The van der Waals surface area contributed by atoms with Crippen LogP contribution in [0.4, 0.5) is 17.1 Å². The van der Waals surface area contributed by atoms with Crippen LogP contribution in [0.1, 0.15) is 0 Å². The smallest absolute Gasteiger partial charge is 0.143 e. The molecule has 0 aliphatic rings. The molecule has 0 aliphatic heterocycles. The molecule has 0 bridgehead atoms. The zero-order valence-corrected chi connectivity index (χ0v) is 37.7. The van der Waals surface area contributed by atoms with Crippen LogP contribution in [0.3, 0.4) is 0 Å². The molecule has 0 spiro atoms. The average molecular weight is 881 g/mol. The van der Waals surface area contributed by atoms with Crippen LogP contribution in [0.15, 0.2) is 271 Å². The lowest BCUT2D eigenvalue weighted by Crippen LogP contribution is -2.10. The van der Waals surface area contributed by atoms with Crippen LogP contribution < -0.4 is 4.90 Å². The number of aromatic nitrogens is 1.